The molecule has 0 unspecified atom stereocenters. The van der Waals surface area contributed by atoms with Gasteiger partial charge in [0.2, 0.25) is 0 Å². The average Bonchev–Trinajstić information content (AvgIpc) is 3.45. The number of alkyl halides is 6. The molecule has 0 saturated carbocycles. The van der Waals surface area contributed by atoms with Gasteiger partial charge in [0, 0.05) is 43.2 Å². The van der Waals surface area contributed by atoms with Gasteiger partial charge in [-0.2, -0.15) is 26.3 Å². The van der Waals surface area contributed by atoms with E-state index in [2.05, 4.69) is 15.1 Å². The Morgan fingerprint density at radius 1 is 0.763 bits per heavy atom. The number of oxime groups is 1. The van der Waals surface area contributed by atoms with Crippen LogP contribution in [0, 0.1) is 0 Å². The lowest BCUT2D eigenvalue weighted by atomic mass is 10.1. The highest BCUT2D eigenvalue weighted by Crippen LogP contribution is 2.31. The Hall–Kier alpha value is -4.62. The Balaban J connectivity index is 1.44. The lowest BCUT2D eigenvalue weighted by Gasteiger charge is -2.05. The van der Waals surface area contributed by atoms with E-state index in [9.17, 15) is 31.1 Å². The number of nitrogens with two attached hydrogens (primary N) is 1. The molecule has 14 heteroatoms. The summed E-state index contributed by atoms with van der Waals surface area (Å²) in [7, 11) is 2.85. The summed E-state index contributed by atoms with van der Waals surface area (Å²) < 4.78 is 79.8. The standard InChI is InChI=1S/C24H18F6N6O2/c1-35-11-17(23(25,26)27)32-20(35)14-5-3-13(4-6-14)19(31)34-38-22(37)16-9-7-15(8-10-16)21-33-18(12-36(21)2)24(28,29)30/h3-12H,1-2H3,(H2,31,34). The molecule has 0 amide bonds. The molecule has 0 atom stereocenters. The second kappa shape index (κ2) is 9.68. The number of aromatic nitrogens is 4. The number of aryl methyl sites for hydroxylation is 2. The number of hydrogen-bond acceptors (Lipinski definition) is 5. The lowest BCUT2D eigenvalue weighted by molar-refractivity contribution is -0.141. The summed E-state index contributed by atoms with van der Waals surface area (Å²) in [5.74, 6) is -0.901. The number of carbonyl (C=O) groups is 1. The van der Waals surface area contributed by atoms with Crippen LogP contribution in [0.15, 0.2) is 66.1 Å². The molecular weight excluding hydrogens is 518 g/mol. The van der Waals surface area contributed by atoms with Gasteiger partial charge in [-0.05, 0) is 12.1 Å². The summed E-state index contributed by atoms with van der Waals surface area (Å²) in [6.07, 6.45) is -7.43. The lowest BCUT2D eigenvalue weighted by Crippen LogP contribution is -2.15. The maximum atomic E-state index is 12.9. The van der Waals surface area contributed by atoms with Crippen molar-refractivity contribution >= 4 is 11.8 Å². The molecule has 2 aromatic heterocycles. The van der Waals surface area contributed by atoms with Crippen LogP contribution in [0.3, 0.4) is 0 Å². The second-order valence-corrected chi connectivity index (χ2v) is 8.13. The van der Waals surface area contributed by atoms with E-state index in [4.69, 9.17) is 10.6 Å². The molecule has 0 radical (unpaired) electrons. The van der Waals surface area contributed by atoms with Gasteiger partial charge in [0.25, 0.3) is 0 Å². The van der Waals surface area contributed by atoms with Gasteiger partial charge in [0.15, 0.2) is 17.2 Å². The summed E-state index contributed by atoms with van der Waals surface area (Å²) in [5.41, 5.74) is 4.92. The van der Waals surface area contributed by atoms with Crippen LogP contribution in [0.1, 0.15) is 27.3 Å². The minimum atomic E-state index is -4.59. The number of halogens is 6. The van der Waals surface area contributed by atoms with Crippen molar-refractivity contribution in [2.45, 2.75) is 12.4 Å². The minimum absolute atomic E-state index is 0.0566. The van der Waals surface area contributed by atoms with Gasteiger partial charge < -0.3 is 19.7 Å². The summed E-state index contributed by atoms with van der Waals surface area (Å²) in [6.45, 7) is 0. The third-order valence-corrected chi connectivity index (χ3v) is 5.38. The molecule has 0 spiro atoms. The number of amidine groups is 1. The molecule has 0 saturated heterocycles. The summed E-state index contributed by atoms with van der Waals surface area (Å²) in [4.78, 5) is 24.4. The predicted octanol–water partition coefficient (Wildman–Crippen LogP) is 5.00. The van der Waals surface area contributed by atoms with Gasteiger partial charge in [-0.15, -0.1) is 0 Å². The summed E-state index contributed by atoms with van der Waals surface area (Å²) in [5, 5.41) is 3.59. The van der Waals surface area contributed by atoms with Gasteiger partial charge in [0.1, 0.15) is 11.6 Å². The first-order valence-corrected chi connectivity index (χ1v) is 10.7. The van der Waals surface area contributed by atoms with Crippen molar-refractivity contribution in [3.05, 3.63) is 83.4 Å². The molecule has 38 heavy (non-hydrogen) atoms. The first-order chi connectivity index (χ1) is 17.7. The van der Waals surface area contributed by atoms with Crippen LogP contribution in [0.5, 0.6) is 0 Å². The maximum Gasteiger partial charge on any atom is 0.434 e. The van der Waals surface area contributed by atoms with E-state index in [1.807, 2.05) is 0 Å². The van der Waals surface area contributed by atoms with E-state index in [1.165, 1.54) is 71.8 Å². The number of rotatable bonds is 5. The summed E-state index contributed by atoms with van der Waals surface area (Å²) >= 11 is 0. The van der Waals surface area contributed by atoms with E-state index < -0.39 is 29.7 Å². The molecule has 0 bridgehead atoms. The van der Waals surface area contributed by atoms with Crippen LogP contribution in [-0.2, 0) is 31.3 Å². The number of carbonyl (C=O) groups excluding carboxylic acids is 1. The topological polar surface area (TPSA) is 100 Å². The Morgan fingerprint density at radius 3 is 1.53 bits per heavy atom. The fraction of sp³-hybridized carbons (Fsp3) is 0.167. The number of imidazole rings is 2. The molecule has 0 aliphatic carbocycles. The molecule has 198 valence electrons. The van der Waals surface area contributed by atoms with Crippen LogP contribution in [-0.4, -0.2) is 30.9 Å². The van der Waals surface area contributed by atoms with Crippen molar-refractivity contribution in [2.75, 3.05) is 0 Å². The zero-order chi connectivity index (χ0) is 27.8. The average molecular weight is 536 g/mol. The highest BCUT2D eigenvalue weighted by molar-refractivity contribution is 5.98. The van der Waals surface area contributed by atoms with Crippen molar-refractivity contribution < 1.29 is 36.0 Å². The Bertz CT molecular complexity index is 1500. The number of nitrogens with zero attached hydrogens (tertiary/aromatic N) is 5. The molecule has 0 aliphatic rings. The van der Waals surface area contributed by atoms with Crippen LogP contribution in [0.4, 0.5) is 26.3 Å². The van der Waals surface area contributed by atoms with Gasteiger partial charge in [-0.25, -0.2) is 14.8 Å². The smallest absolute Gasteiger partial charge is 0.380 e. The third kappa shape index (κ3) is 5.53. The zero-order valence-corrected chi connectivity index (χ0v) is 19.7. The number of hydrogen-bond donors (Lipinski definition) is 1. The monoisotopic (exact) mass is 536 g/mol. The van der Waals surface area contributed by atoms with E-state index in [0.717, 1.165) is 12.4 Å². The molecule has 0 fully saturated rings. The van der Waals surface area contributed by atoms with Crippen molar-refractivity contribution in [2.24, 2.45) is 25.0 Å². The van der Waals surface area contributed by atoms with E-state index in [-0.39, 0.29) is 23.0 Å². The Kier molecular flexibility index (Phi) is 6.74. The van der Waals surface area contributed by atoms with Crippen LogP contribution in [0.2, 0.25) is 0 Å². The van der Waals surface area contributed by atoms with Crippen LogP contribution in [0.25, 0.3) is 22.8 Å². The molecule has 4 rings (SSSR count). The van der Waals surface area contributed by atoms with Gasteiger partial charge >= 0.3 is 18.3 Å². The Labute approximate surface area is 211 Å². The fourth-order valence-electron chi connectivity index (χ4n) is 3.48. The predicted molar refractivity (Wildman–Crippen MR) is 123 cm³/mol. The van der Waals surface area contributed by atoms with E-state index in [0.29, 0.717) is 16.7 Å². The largest absolute Gasteiger partial charge is 0.434 e. The second-order valence-electron chi connectivity index (χ2n) is 8.13. The Morgan fingerprint density at radius 2 is 1.16 bits per heavy atom. The molecule has 0 aliphatic heterocycles. The highest BCUT2D eigenvalue weighted by Gasteiger charge is 2.35. The molecule has 2 N–H and O–H groups in total. The molecule has 2 aromatic carbocycles. The maximum absolute atomic E-state index is 12.9. The molecular formula is C24H18F6N6O2. The minimum Gasteiger partial charge on any atom is -0.380 e. The SMILES string of the molecule is Cn1cc(C(F)(F)F)nc1-c1ccc(C(=O)ON=C(N)c2ccc(-c3nc(C(F)(F)F)cn3C)cc2)cc1. The van der Waals surface area contributed by atoms with E-state index >= 15 is 0 Å². The van der Waals surface area contributed by atoms with Gasteiger partial charge in [-0.3, -0.25) is 0 Å². The summed E-state index contributed by atoms with van der Waals surface area (Å²) in [6, 6.07) is 11.4. The molecule has 2 heterocycles. The molecule has 4 aromatic rings. The zero-order valence-electron chi connectivity index (χ0n) is 19.7. The first-order valence-electron chi connectivity index (χ1n) is 10.7. The van der Waals surface area contributed by atoms with Crippen molar-refractivity contribution in [1.29, 1.82) is 0 Å². The third-order valence-electron chi connectivity index (χ3n) is 5.38. The van der Waals surface area contributed by atoms with E-state index in [1.54, 1.807) is 0 Å². The highest BCUT2D eigenvalue weighted by atomic mass is 19.4. The van der Waals surface area contributed by atoms with Gasteiger partial charge in [-0.1, -0.05) is 41.6 Å². The van der Waals surface area contributed by atoms with Crippen LogP contribution < -0.4 is 5.73 Å². The van der Waals surface area contributed by atoms with Crippen molar-refractivity contribution in [1.82, 2.24) is 19.1 Å². The van der Waals surface area contributed by atoms with Crippen molar-refractivity contribution in [3.8, 4) is 22.8 Å². The fourth-order valence-corrected chi connectivity index (χ4v) is 3.48. The quantitative estimate of drug-likeness (QED) is 0.127. The van der Waals surface area contributed by atoms with Gasteiger partial charge in [0.05, 0.1) is 5.56 Å². The number of benzene rings is 2. The normalized spacial score (nSPS) is 12.6. The first kappa shape index (κ1) is 26.4. The van der Waals surface area contributed by atoms with Crippen LogP contribution >= 0.6 is 0 Å². The van der Waals surface area contributed by atoms with Crippen molar-refractivity contribution in [3.63, 3.8) is 0 Å². The molecule has 8 nitrogen and oxygen atoms in total.